The van der Waals surface area contributed by atoms with Gasteiger partial charge >= 0.3 is 5.97 Å². The number of benzene rings is 1. The van der Waals surface area contributed by atoms with Crippen molar-refractivity contribution in [3.63, 3.8) is 0 Å². The maximum absolute atomic E-state index is 12.3. The molecule has 20 heavy (non-hydrogen) atoms. The second-order valence-electron chi connectivity index (χ2n) is 5.00. The van der Waals surface area contributed by atoms with Crippen molar-refractivity contribution in [2.75, 3.05) is 6.54 Å². The van der Waals surface area contributed by atoms with Crippen molar-refractivity contribution < 1.29 is 18.3 Å². The topological polar surface area (TPSA) is 83.5 Å². The number of sulfonamides is 1. The van der Waals surface area contributed by atoms with Crippen LogP contribution in [0.2, 0.25) is 0 Å². The number of hydrogen-bond donors (Lipinski definition) is 2. The number of hydrogen-bond acceptors (Lipinski definition) is 3. The van der Waals surface area contributed by atoms with Gasteiger partial charge < -0.3 is 5.11 Å². The fourth-order valence-corrected chi connectivity index (χ4v) is 3.31. The largest absolute Gasteiger partial charge is 0.481 e. The van der Waals surface area contributed by atoms with E-state index in [-0.39, 0.29) is 17.4 Å². The van der Waals surface area contributed by atoms with E-state index in [2.05, 4.69) is 4.72 Å². The van der Waals surface area contributed by atoms with Crippen molar-refractivity contribution in [2.24, 2.45) is 11.8 Å². The molecule has 1 rings (SSSR count). The molecule has 0 saturated heterocycles. The van der Waals surface area contributed by atoms with Crippen molar-refractivity contribution in [3.05, 3.63) is 29.8 Å². The monoisotopic (exact) mass is 299 g/mol. The summed E-state index contributed by atoms with van der Waals surface area (Å²) in [6, 6.07) is 6.73. The van der Waals surface area contributed by atoms with E-state index >= 15 is 0 Å². The Bertz CT molecular complexity index is 566. The van der Waals surface area contributed by atoms with Crippen LogP contribution in [0.15, 0.2) is 29.2 Å². The Morgan fingerprint density at radius 1 is 1.30 bits per heavy atom. The molecule has 0 heterocycles. The molecule has 6 heteroatoms. The van der Waals surface area contributed by atoms with Gasteiger partial charge in [0.1, 0.15) is 0 Å². The van der Waals surface area contributed by atoms with Gasteiger partial charge in [0.15, 0.2) is 0 Å². The number of carbonyl (C=O) groups is 1. The first-order valence-electron chi connectivity index (χ1n) is 6.60. The molecular weight excluding hydrogens is 278 g/mol. The third-order valence-corrected chi connectivity index (χ3v) is 4.78. The highest BCUT2D eigenvalue weighted by Crippen LogP contribution is 2.17. The van der Waals surface area contributed by atoms with Crippen LogP contribution in [0.3, 0.4) is 0 Å². The molecule has 0 aliphatic rings. The Morgan fingerprint density at radius 3 is 2.40 bits per heavy atom. The second kappa shape index (κ2) is 6.85. The van der Waals surface area contributed by atoms with Crippen molar-refractivity contribution in [1.29, 1.82) is 0 Å². The zero-order valence-corrected chi connectivity index (χ0v) is 12.8. The molecule has 1 aromatic carbocycles. The van der Waals surface area contributed by atoms with Crippen LogP contribution in [-0.4, -0.2) is 26.0 Å². The Kier molecular flexibility index (Phi) is 5.71. The Hall–Kier alpha value is -1.40. The molecule has 0 radical (unpaired) electrons. The van der Waals surface area contributed by atoms with Gasteiger partial charge in [-0.1, -0.05) is 39.0 Å². The molecule has 5 nitrogen and oxygen atoms in total. The van der Waals surface area contributed by atoms with Gasteiger partial charge in [-0.25, -0.2) is 13.1 Å². The van der Waals surface area contributed by atoms with Gasteiger partial charge in [0.25, 0.3) is 0 Å². The Labute approximate surface area is 120 Å². The number of nitrogens with one attached hydrogen (secondary N) is 1. The lowest BCUT2D eigenvalue weighted by molar-refractivity contribution is -0.142. The summed E-state index contributed by atoms with van der Waals surface area (Å²) in [5.74, 6) is -1.87. The van der Waals surface area contributed by atoms with E-state index in [0.717, 1.165) is 5.56 Å². The molecule has 0 amide bonds. The molecule has 0 aliphatic carbocycles. The van der Waals surface area contributed by atoms with Crippen LogP contribution < -0.4 is 4.72 Å². The summed E-state index contributed by atoms with van der Waals surface area (Å²) in [5, 5.41) is 9.08. The van der Waals surface area contributed by atoms with Crippen molar-refractivity contribution >= 4 is 16.0 Å². The minimum absolute atomic E-state index is 0.104. The third kappa shape index (κ3) is 4.05. The average molecular weight is 299 g/mol. The molecule has 0 bridgehead atoms. The van der Waals surface area contributed by atoms with Gasteiger partial charge in [-0.2, -0.15) is 0 Å². The van der Waals surface area contributed by atoms with Gasteiger partial charge in [0, 0.05) is 6.54 Å². The predicted molar refractivity (Wildman–Crippen MR) is 77.0 cm³/mol. The smallest absolute Gasteiger partial charge is 0.308 e. The normalized spacial score (nSPS) is 13.4. The summed E-state index contributed by atoms with van der Waals surface area (Å²) in [7, 11) is -3.68. The molecule has 1 atom stereocenters. The summed E-state index contributed by atoms with van der Waals surface area (Å²) >= 11 is 0. The second-order valence-corrected chi connectivity index (χ2v) is 6.74. The predicted octanol–water partition coefficient (Wildman–Crippen LogP) is 1.88. The first-order valence-corrected chi connectivity index (χ1v) is 8.08. The van der Waals surface area contributed by atoms with Crippen molar-refractivity contribution in [3.8, 4) is 0 Å². The molecule has 1 unspecified atom stereocenters. The molecule has 112 valence electrons. The van der Waals surface area contributed by atoms with Crippen LogP contribution in [0.4, 0.5) is 0 Å². The molecule has 0 fully saturated rings. The summed E-state index contributed by atoms with van der Waals surface area (Å²) < 4.78 is 26.9. The van der Waals surface area contributed by atoms with Gasteiger partial charge in [0.05, 0.1) is 10.8 Å². The van der Waals surface area contributed by atoms with E-state index in [9.17, 15) is 13.2 Å². The minimum Gasteiger partial charge on any atom is -0.481 e. The molecule has 1 aromatic rings. The molecular formula is C14H21NO4S. The fourth-order valence-electron chi connectivity index (χ4n) is 1.94. The zero-order valence-electron chi connectivity index (χ0n) is 12.0. The van der Waals surface area contributed by atoms with Crippen LogP contribution in [-0.2, 0) is 21.2 Å². The van der Waals surface area contributed by atoms with Crippen LogP contribution in [0, 0.1) is 11.8 Å². The SMILES string of the molecule is CCc1ccccc1S(=O)(=O)NCC(C(=O)O)C(C)C. The lowest BCUT2D eigenvalue weighted by Crippen LogP contribution is -2.35. The molecule has 0 saturated carbocycles. The highest BCUT2D eigenvalue weighted by atomic mass is 32.2. The third-order valence-electron chi connectivity index (χ3n) is 3.26. The number of carboxylic acids is 1. The van der Waals surface area contributed by atoms with E-state index < -0.39 is 21.9 Å². The van der Waals surface area contributed by atoms with E-state index in [1.807, 2.05) is 6.92 Å². The van der Waals surface area contributed by atoms with E-state index in [0.29, 0.717) is 6.42 Å². The Morgan fingerprint density at radius 2 is 1.90 bits per heavy atom. The minimum atomic E-state index is -3.68. The van der Waals surface area contributed by atoms with E-state index in [1.54, 1.807) is 32.0 Å². The van der Waals surface area contributed by atoms with Gasteiger partial charge in [-0.3, -0.25) is 4.79 Å². The van der Waals surface area contributed by atoms with Crippen molar-refractivity contribution in [2.45, 2.75) is 32.1 Å². The molecule has 2 N–H and O–H groups in total. The highest BCUT2D eigenvalue weighted by molar-refractivity contribution is 7.89. The van der Waals surface area contributed by atoms with Crippen LogP contribution in [0.25, 0.3) is 0 Å². The molecule has 0 aliphatic heterocycles. The van der Waals surface area contributed by atoms with Gasteiger partial charge in [-0.05, 0) is 24.0 Å². The molecule has 0 spiro atoms. The summed E-state index contributed by atoms with van der Waals surface area (Å²) in [6.45, 7) is 5.29. The Balaban J connectivity index is 2.93. The first-order chi connectivity index (χ1) is 9.29. The quantitative estimate of drug-likeness (QED) is 0.805. The number of aryl methyl sites for hydroxylation is 1. The lowest BCUT2D eigenvalue weighted by atomic mass is 9.97. The van der Waals surface area contributed by atoms with Crippen LogP contribution >= 0.6 is 0 Å². The van der Waals surface area contributed by atoms with Crippen molar-refractivity contribution in [1.82, 2.24) is 4.72 Å². The standard InChI is InChI=1S/C14H21NO4S/c1-4-11-7-5-6-8-13(11)20(18,19)15-9-12(10(2)3)14(16)17/h5-8,10,12,15H,4,9H2,1-3H3,(H,16,17). The first kappa shape index (κ1) is 16.7. The van der Waals surface area contributed by atoms with E-state index in [1.165, 1.54) is 6.07 Å². The van der Waals surface area contributed by atoms with Gasteiger partial charge in [0.2, 0.25) is 10.0 Å². The average Bonchev–Trinajstić information content (AvgIpc) is 2.37. The number of aliphatic carboxylic acids is 1. The van der Waals surface area contributed by atoms with E-state index in [4.69, 9.17) is 5.11 Å². The summed E-state index contributed by atoms with van der Waals surface area (Å²) in [6.07, 6.45) is 0.601. The van der Waals surface area contributed by atoms with Crippen LogP contribution in [0.1, 0.15) is 26.3 Å². The fraction of sp³-hybridized carbons (Fsp3) is 0.500. The van der Waals surface area contributed by atoms with Crippen LogP contribution in [0.5, 0.6) is 0 Å². The maximum Gasteiger partial charge on any atom is 0.308 e. The number of rotatable bonds is 7. The molecule has 0 aromatic heterocycles. The summed E-state index contributed by atoms with van der Waals surface area (Å²) in [5.41, 5.74) is 0.719. The summed E-state index contributed by atoms with van der Waals surface area (Å²) in [4.78, 5) is 11.3. The number of carboxylic acid groups (broad SMARTS) is 1. The highest BCUT2D eigenvalue weighted by Gasteiger charge is 2.25. The lowest BCUT2D eigenvalue weighted by Gasteiger charge is -2.17. The van der Waals surface area contributed by atoms with Gasteiger partial charge in [-0.15, -0.1) is 0 Å². The zero-order chi connectivity index (χ0) is 15.3. The maximum atomic E-state index is 12.3.